The number of benzene rings is 1. The van der Waals surface area contributed by atoms with Gasteiger partial charge in [-0.25, -0.2) is 0 Å². The Hall–Kier alpha value is -2.30. The minimum absolute atomic E-state index is 0.0742. The van der Waals surface area contributed by atoms with Crippen LogP contribution in [0.3, 0.4) is 0 Å². The summed E-state index contributed by atoms with van der Waals surface area (Å²) in [6.45, 7) is 5.44. The van der Waals surface area contributed by atoms with Crippen LogP contribution in [0.15, 0.2) is 30.9 Å². The number of rotatable bonds is 3. The number of carbonyl (C=O) groups excluding carboxylic acids is 2. The second-order valence-electron chi connectivity index (χ2n) is 3.47. The smallest absolute Gasteiger partial charge is 0.313 e. The van der Waals surface area contributed by atoms with Crippen LogP contribution in [0.2, 0.25) is 0 Å². The molecule has 0 aliphatic rings. The minimum Gasteiger partial charge on any atom is -0.506 e. The molecule has 17 heavy (non-hydrogen) atoms. The molecule has 0 heterocycles. The first kappa shape index (κ1) is 12.8. The van der Waals surface area contributed by atoms with E-state index in [9.17, 15) is 14.7 Å². The molecule has 0 unspecified atom stereocenters. The van der Waals surface area contributed by atoms with Gasteiger partial charge in [0.15, 0.2) is 0 Å². The molecule has 90 valence electrons. The maximum absolute atomic E-state index is 11.4. The van der Waals surface area contributed by atoms with Crippen LogP contribution < -0.4 is 10.6 Å². The molecule has 3 N–H and O–H groups in total. The van der Waals surface area contributed by atoms with Crippen molar-refractivity contribution in [3.63, 3.8) is 0 Å². The Morgan fingerprint density at radius 2 is 2.12 bits per heavy atom. The van der Waals surface area contributed by atoms with E-state index in [0.29, 0.717) is 0 Å². The predicted molar refractivity (Wildman–Crippen MR) is 64.7 cm³/mol. The molecule has 0 atom stereocenters. The van der Waals surface area contributed by atoms with Crippen molar-refractivity contribution in [3.05, 3.63) is 36.4 Å². The fraction of sp³-hybridized carbons (Fsp3) is 0.167. The summed E-state index contributed by atoms with van der Waals surface area (Å²) in [6.07, 6.45) is 1.47. The van der Waals surface area contributed by atoms with Gasteiger partial charge in [0.25, 0.3) is 0 Å². The van der Waals surface area contributed by atoms with Crippen molar-refractivity contribution in [2.45, 2.75) is 6.92 Å². The van der Waals surface area contributed by atoms with Crippen LogP contribution in [0.25, 0.3) is 0 Å². The summed E-state index contributed by atoms with van der Waals surface area (Å²) in [6, 6.07) is 4.75. The van der Waals surface area contributed by atoms with Gasteiger partial charge in [-0.2, -0.15) is 0 Å². The number of anilines is 1. The zero-order valence-corrected chi connectivity index (χ0v) is 9.49. The molecular formula is C12H14N2O3. The number of nitrogens with one attached hydrogen (secondary N) is 2. The molecule has 1 aromatic carbocycles. The normalized spacial score (nSPS) is 9.47. The fourth-order valence-corrected chi connectivity index (χ4v) is 1.17. The maximum atomic E-state index is 11.4. The topological polar surface area (TPSA) is 78.4 Å². The van der Waals surface area contributed by atoms with Crippen molar-refractivity contribution >= 4 is 17.5 Å². The fourth-order valence-electron chi connectivity index (χ4n) is 1.17. The van der Waals surface area contributed by atoms with Gasteiger partial charge in [-0.15, -0.1) is 6.58 Å². The first-order valence-corrected chi connectivity index (χ1v) is 5.04. The van der Waals surface area contributed by atoms with E-state index in [1.54, 1.807) is 6.07 Å². The summed E-state index contributed by atoms with van der Waals surface area (Å²) < 4.78 is 0. The van der Waals surface area contributed by atoms with Crippen LogP contribution in [0.4, 0.5) is 5.69 Å². The Balaban J connectivity index is 2.67. The lowest BCUT2D eigenvalue weighted by Crippen LogP contribution is -2.35. The Morgan fingerprint density at radius 3 is 2.71 bits per heavy atom. The molecule has 0 saturated carbocycles. The Kier molecular flexibility index (Phi) is 4.28. The Bertz CT molecular complexity index is 455. The zero-order valence-electron chi connectivity index (χ0n) is 9.49. The lowest BCUT2D eigenvalue weighted by Gasteiger charge is -2.07. The quantitative estimate of drug-likeness (QED) is 0.414. The van der Waals surface area contributed by atoms with E-state index in [2.05, 4.69) is 17.2 Å². The molecule has 0 bridgehead atoms. The maximum Gasteiger partial charge on any atom is 0.313 e. The van der Waals surface area contributed by atoms with E-state index in [1.165, 1.54) is 18.2 Å². The lowest BCUT2D eigenvalue weighted by atomic mass is 10.2. The summed E-state index contributed by atoms with van der Waals surface area (Å²) in [5.74, 6) is -1.68. The van der Waals surface area contributed by atoms with Crippen molar-refractivity contribution < 1.29 is 14.7 Å². The van der Waals surface area contributed by atoms with Crippen LogP contribution in [0.1, 0.15) is 5.56 Å². The van der Waals surface area contributed by atoms with E-state index in [0.717, 1.165) is 5.56 Å². The van der Waals surface area contributed by atoms with Crippen molar-refractivity contribution in [2.24, 2.45) is 0 Å². The Morgan fingerprint density at radius 1 is 1.41 bits per heavy atom. The van der Waals surface area contributed by atoms with Gasteiger partial charge in [0.1, 0.15) is 5.75 Å². The molecule has 5 nitrogen and oxygen atoms in total. The summed E-state index contributed by atoms with van der Waals surface area (Å²) in [4.78, 5) is 22.6. The molecule has 1 aromatic rings. The van der Waals surface area contributed by atoms with Crippen LogP contribution in [-0.2, 0) is 9.59 Å². The number of aromatic hydroxyl groups is 1. The zero-order chi connectivity index (χ0) is 12.8. The summed E-state index contributed by atoms with van der Waals surface area (Å²) in [7, 11) is 0. The number of hydrogen-bond acceptors (Lipinski definition) is 3. The standard InChI is InChI=1S/C12H14N2O3/c1-3-6-13-11(16)12(17)14-9-5-4-8(2)7-10(9)15/h3-5,7,15H,1,6H2,2H3,(H,13,16)(H,14,17). The molecule has 0 radical (unpaired) electrons. The van der Waals surface area contributed by atoms with E-state index < -0.39 is 11.8 Å². The molecular weight excluding hydrogens is 220 g/mol. The van der Waals surface area contributed by atoms with Crippen molar-refractivity contribution in [3.8, 4) is 5.75 Å². The highest BCUT2D eigenvalue weighted by Gasteiger charge is 2.14. The average molecular weight is 234 g/mol. The van der Waals surface area contributed by atoms with Gasteiger partial charge in [0.2, 0.25) is 0 Å². The number of aryl methyl sites for hydroxylation is 1. The van der Waals surface area contributed by atoms with Crippen LogP contribution in [0, 0.1) is 6.92 Å². The van der Waals surface area contributed by atoms with E-state index in [1.807, 2.05) is 6.92 Å². The summed E-state index contributed by atoms with van der Waals surface area (Å²) in [5.41, 5.74) is 1.06. The van der Waals surface area contributed by atoms with Crippen LogP contribution >= 0.6 is 0 Å². The molecule has 0 saturated heterocycles. The molecule has 0 aromatic heterocycles. The van der Waals surface area contributed by atoms with Gasteiger partial charge in [0.05, 0.1) is 5.69 Å². The first-order chi connectivity index (χ1) is 8.04. The van der Waals surface area contributed by atoms with Gasteiger partial charge in [-0.3, -0.25) is 9.59 Å². The third kappa shape index (κ3) is 3.64. The van der Waals surface area contributed by atoms with Crippen LogP contribution in [0.5, 0.6) is 5.75 Å². The van der Waals surface area contributed by atoms with Crippen molar-refractivity contribution in [2.75, 3.05) is 11.9 Å². The van der Waals surface area contributed by atoms with Gasteiger partial charge < -0.3 is 15.7 Å². The third-order valence-corrected chi connectivity index (χ3v) is 2.01. The van der Waals surface area contributed by atoms with Gasteiger partial charge in [-0.05, 0) is 24.6 Å². The summed E-state index contributed by atoms with van der Waals surface area (Å²) >= 11 is 0. The molecule has 5 heteroatoms. The van der Waals surface area contributed by atoms with E-state index in [-0.39, 0.29) is 18.0 Å². The average Bonchev–Trinajstić information content (AvgIpc) is 2.29. The SMILES string of the molecule is C=CCNC(=O)C(=O)Nc1ccc(C)cc1O. The third-order valence-electron chi connectivity index (χ3n) is 2.01. The molecule has 0 aliphatic carbocycles. The highest BCUT2D eigenvalue weighted by atomic mass is 16.3. The Labute approximate surface area is 99.1 Å². The second-order valence-corrected chi connectivity index (χ2v) is 3.47. The van der Waals surface area contributed by atoms with E-state index in [4.69, 9.17) is 0 Å². The highest BCUT2D eigenvalue weighted by molar-refractivity contribution is 6.39. The summed E-state index contributed by atoms with van der Waals surface area (Å²) in [5, 5.41) is 14.2. The van der Waals surface area contributed by atoms with Crippen molar-refractivity contribution in [1.82, 2.24) is 5.32 Å². The largest absolute Gasteiger partial charge is 0.506 e. The molecule has 0 aliphatic heterocycles. The predicted octanol–water partition coefficient (Wildman–Crippen LogP) is 0.941. The van der Waals surface area contributed by atoms with Gasteiger partial charge in [0, 0.05) is 6.54 Å². The number of phenolic OH excluding ortho intramolecular Hbond substituents is 1. The monoisotopic (exact) mass is 234 g/mol. The minimum atomic E-state index is -0.828. The van der Waals surface area contributed by atoms with Crippen LogP contribution in [-0.4, -0.2) is 23.5 Å². The molecule has 0 spiro atoms. The number of phenols is 1. The molecule has 0 fully saturated rings. The lowest BCUT2D eigenvalue weighted by molar-refractivity contribution is -0.136. The molecule has 2 amide bonds. The number of carbonyl (C=O) groups is 2. The number of hydrogen-bond donors (Lipinski definition) is 3. The van der Waals surface area contributed by atoms with E-state index >= 15 is 0 Å². The van der Waals surface area contributed by atoms with Gasteiger partial charge >= 0.3 is 11.8 Å². The number of amides is 2. The van der Waals surface area contributed by atoms with Crippen molar-refractivity contribution in [1.29, 1.82) is 0 Å². The second kappa shape index (κ2) is 5.69. The van der Waals surface area contributed by atoms with Gasteiger partial charge in [-0.1, -0.05) is 12.1 Å². The highest BCUT2D eigenvalue weighted by Crippen LogP contribution is 2.23. The molecule has 1 rings (SSSR count). The first-order valence-electron chi connectivity index (χ1n) is 5.04.